The highest BCUT2D eigenvalue weighted by molar-refractivity contribution is 14.1. The Kier molecular flexibility index (Phi) is 4.36. The van der Waals surface area contributed by atoms with Crippen molar-refractivity contribution >= 4 is 51.5 Å². The van der Waals surface area contributed by atoms with Crippen LogP contribution in [0.5, 0.6) is 0 Å². The van der Waals surface area contributed by atoms with Gasteiger partial charge in [-0.3, -0.25) is 4.79 Å². The Balaban J connectivity index is 2.99. The van der Waals surface area contributed by atoms with Gasteiger partial charge in [-0.25, -0.2) is 4.79 Å². The van der Waals surface area contributed by atoms with Gasteiger partial charge in [0.25, 0.3) is 0 Å². The summed E-state index contributed by atoms with van der Waals surface area (Å²) in [6, 6.07) is 1.26. The minimum absolute atomic E-state index is 0.0745. The van der Waals surface area contributed by atoms with Crippen LogP contribution in [0.15, 0.2) is 6.07 Å². The molecule has 9 heteroatoms. The van der Waals surface area contributed by atoms with E-state index in [4.69, 9.17) is 0 Å². The van der Waals surface area contributed by atoms with Crippen LogP contribution in [0.2, 0.25) is 0 Å². The zero-order valence-electron chi connectivity index (χ0n) is 8.22. The van der Waals surface area contributed by atoms with Gasteiger partial charge in [0.2, 0.25) is 0 Å². The number of esters is 1. The second kappa shape index (κ2) is 5.21. The van der Waals surface area contributed by atoms with Gasteiger partial charge in [-0.05, 0) is 28.7 Å². The molecular formula is C8H5F3INO3S. The molecule has 1 rings (SSSR count). The first-order valence-corrected chi connectivity index (χ1v) is 5.91. The van der Waals surface area contributed by atoms with Gasteiger partial charge in [0.05, 0.1) is 15.7 Å². The van der Waals surface area contributed by atoms with Crippen molar-refractivity contribution in [3.05, 3.63) is 13.8 Å². The molecule has 94 valence electrons. The number of amides is 1. The zero-order valence-corrected chi connectivity index (χ0v) is 11.2. The molecule has 0 fully saturated rings. The summed E-state index contributed by atoms with van der Waals surface area (Å²) in [5.74, 6) is -2.92. The number of ether oxygens (including phenoxy) is 1. The lowest BCUT2D eigenvalue weighted by Crippen LogP contribution is -2.30. The number of thiophene rings is 1. The van der Waals surface area contributed by atoms with Crippen molar-refractivity contribution in [2.45, 2.75) is 6.18 Å². The molecule has 0 radical (unpaired) electrons. The molecule has 1 aromatic heterocycles. The van der Waals surface area contributed by atoms with E-state index in [0.29, 0.717) is 2.88 Å². The Hall–Kier alpha value is -0.840. The van der Waals surface area contributed by atoms with Crippen molar-refractivity contribution in [2.75, 3.05) is 12.4 Å². The zero-order chi connectivity index (χ0) is 13.2. The van der Waals surface area contributed by atoms with Gasteiger partial charge in [-0.1, -0.05) is 0 Å². The summed E-state index contributed by atoms with van der Waals surface area (Å²) >= 11 is 2.75. The summed E-state index contributed by atoms with van der Waals surface area (Å²) < 4.78 is 41.0. The maximum absolute atomic E-state index is 12.0. The van der Waals surface area contributed by atoms with Crippen LogP contribution in [0.25, 0.3) is 0 Å². The van der Waals surface area contributed by atoms with E-state index in [9.17, 15) is 22.8 Å². The van der Waals surface area contributed by atoms with Crippen molar-refractivity contribution in [1.29, 1.82) is 0 Å². The van der Waals surface area contributed by atoms with E-state index in [1.165, 1.54) is 6.07 Å². The smallest absolute Gasteiger partial charge is 0.465 e. The van der Waals surface area contributed by atoms with Crippen LogP contribution in [0.1, 0.15) is 9.67 Å². The van der Waals surface area contributed by atoms with Gasteiger partial charge < -0.3 is 10.1 Å². The van der Waals surface area contributed by atoms with E-state index in [1.54, 1.807) is 5.32 Å². The first kappa shape index (κ1) is 14.2. The predicted molar refractivity (Wildman–Crippen MR) is 63.1 cm³/mol. The van der Waals surface area contributed by atoms with Crippen molar-refractivity contribution in [1.82, 2.24) is 0 Å². The van der Waals surface area contributed by atoms with Gasteiger partial charge in [-0.2, -0.15) is 13.2 Å². The number of halogens is 4. The Morgan fingerprint density at radius 1 is 1.47 bits per heavy atom. The first-order chi connectivity index (χ1) is 7.75. The topological polar surface area (TPSA) is 55.4 Å². The molecule has 0 aliphatic heterocycles. The molecule has 0 spiro atoms. The largest absolute Gasteiger partial charge is 0.471 e. The van der Waals surface area contributed by atoms with Gasteiger partial charge in [0, 0.05) is 0 Å². The number of carbonyl (C=O) groups excluding carboxylic acids is 2. The molecule has 1 N–H and O–H groups in total. The lowest BCUT2D eigenvalue weighted by molar-refractivity contribution is -0.167. The van der Waals surface area contributed by atoms with Gasteiger partial charge in [0.1, 0.15) is 4.88 Å². The fourth-order valence-electron chi connectivity index (χ4n) is 0.891. The van der Waals surface area contributed by atoms with Crippen molar-refractivity contribution in [2.24, 2.45) is 0 Å². The normalized spacial score (nSPS) is 11.1. The van der Waals surface area contributed by atoms with E-state index in [-0.39, 0.29) is 10.6 Å². The summed E-state index contributed by atoms with van der Waals surface area (Å²) in [7, 11) is 1.10. The molecule has 0 aromatic carbocycles. The van der Waals surface area contributed by atoms with Gasteiger partial charge in [0.15, 0.2) is 0 Å². The Labute approximate surface area is 111 Å². The predicted octanol–water partition coefficient (Wildman–Crippen LogP) is 2.64. The fourth-order valence-corrected chi connectivity index (χ4v) is 2.62. The lowest BCUT2D eigenvalue weighted by Gasteiger charge is -2.07. The standard InChI is InChI=1S/C8H5F3INO3S/c1-16-6(14)5-3(2-4(12)17-5)13-7(15)8(9,10)11/h2H,1H3,(H,13,15). The minimum atomic E-state index is -5.00. The molecular weight excluding hydrogens is 374 g/mol. The highest BCUT2D eigenvalue weighted by Crippen LogP contribution is 2.30. The fraction of sp³-hybridized carbons (Fsp3) is 0.250. The molecule has 0 bridgehead atoms. The van der Waals surface area contributed by atoms with E-state index >= 15 is 0 Å². The summed E-state index contributed by atoms with van der Waals surface area (Å²) in [5, 5.41) is 1.63. The molecule has 17 heavy (non-hydrogen) atoms. The molecule has 1 heterocycles. The third kappa shape index (κ3) is 3.56. The third-order valence-corrected chi connectivity index (χ3v) is 3.45. The maximum atomic E-state index is 12.0. The van der Waals surface area contributed by atoms with Gasteiger partial charge >= 0.3 is 18.1 Å². The number of hydrogen-bond donors (Lipinski definition) is 1. The molecule has 4 nitrogen and oxygen atoms in total. The van der Waals surface area contributed by atoms with Crippen molar-refractivity contribution < 1.29 is 27.5 Å². The highest BCUT2D eigenvalue weighted by atomic mass is 127. The van der Waals surface area contributed by atoms with Crippen molar-refractivity contribution in [3.8, 4) is 0 Å². The number of hydrogen-bond acceptors (Lipinski definition) is 4. The third-order valence-electron chi connectivity index (χ3n) is 1.58. The van der Waals surface area contributed by atoms with Crippen LogP contribution in [-0.2, 0) is 9.53 Å². The maximum Gasteiger partial charge on any atom is 0.471 e. The number of rotatable bonds is 2. The molecule has 0 saturated carbocycles. The quantitative estimate of drug-likeness (QED) is 0.635. The van der Waals surface area contributed by atoms with E-state index in [0.717, 1.165) is 18.4 Å². The Morgan fingerprint density at radius 3 is 2.53 bits per heavy atom. The molecule has 1 amide bonds. The number of nitrogens with one attached hydrogen (secondary N) is 1. The molecule has 0 saturated heterocycles. The van der Waals surface area contributed by atoms with Crippen LogP contribution in [-0.4, -0.2) is 25.2 Å². The van der Waals surface area contributed by atoms with Crippen LogP contribution < -0.4 is 5.32 Å². The first-order valence-electron chi connectivity index (χ1n) is 4.01. The van der Waals surface area contributed by atoms with Crippen LogP contribution in [0, 0.1) is 2.88 Å². The number of carbonyl (C=O) groups is 2. The SMILES string of the molecule is COC(=O)c1sc(I)cc1NC(=O)C(F)(F)F. The van der Waals surface area contributed by atoms with Crippen LogP contribution in [0.4, 0.5) is 18.9 Å². The number of anilines is 1. The molecule has 1 aromatic rings. The average molecular weight is 379 g/mol. The summed E-state index contributed by atoms with van der Waals surface area (Å²) in [6.07, 6.45) is -5.00. The lowest BCUT2D eigenvalue weighted by atomic mass is 10.3. The molecule has 0 unspecified atom stereocenters. The highest BCUT2D eigenvalue weighted by Gasteiger charge is 2.39. The number of methoxy groups -OCH3 is 1. The Morgan fingerprint density at radius 2 is 2.06 bits per heavy atom. The van der Waals surface area contributed by atoms with Gasteiger partial charge in [-0.15, -0.1) is 11.3 Å². The van der Waals surface area contributed by atoms with Crippen LogP contribution >= 0.6 is 33.9 Å². The minimum Gasteiger partial charge on any atom is -0.465 e. The summed E-state index contributed by atoms with van der Waals surface area (Å²) in [5.41, 5.74) is -0.200. The van der Waals surface area contributed by atoms with E-state index in [2.05, 4.69) is 4.74 Å². The molecule has 0 aliphatic rings. The molecule has 0 atom stereocenters. The molecule has 0 aliphatic carbocycles. The second-order valence-electron chi connectivity index (χ2n) is 2.74. The van der Waals surface area contributed by atoms with Crippen molar-refractivity contribution in [3.63, 3.8) is 0 Å². The van der Waals surface area contributed by atoms with E-state index < -0.39 is 18.1 Å². The monoisotopic (exact) mass is 379 g/mol. The average Bonchev–Trinajstić information content (AvgIpc) is 2.57. The Bertz CT molecular complexity index is 457. The summed E-state index contributed by atoms with van der Waals surface area (Å²) in [6.45, 7) is 0. The van der Waals surface area contributed by atoms with Crippen LogP contribution in [0.3, 0.4) is 0 Å². The summed E-state index contributed by atoms with van der Waals surface area (Å²) in [4.78, 5) is 21.9. The number of alkyl halides is 3. The second-order valence-corrected chi connectivity index (χ2v) is 5.68. The van der Waals surface area contributed by atoms with E-state index in [1.807, 2.05) is 22.6 Å².